The summed E-state index contributed by atoms with van der Waals surface area (Å²) in [7, 11) is 2.45. The minimum Gasteiger partial charge on any atom is -0.465 e. The maximum Gasteiger partial charge on any atom is 0.494 e. The summed E-state index contributed by atoms with van der Waals surface area (Å²) in [6.45, 7) is 11.9. The Balaban J connectivity index is 2.51. The van der Waals surface area contributed by atoms with Gasteiger partial charge in [0, 0.05) is 7.11 Å². The van der Waals surface area contributed by atoms with Crippen LogP contribution in [-0.4, -0.2) is 38.5 Å². The first-order valence-corrected chi connectivity index (χ1v) is 8.08. The van der Waals surface area contributed by atoms with E-state index in [2.05, 4.69) is 0 Å². The smallest absolute Gasteiger partial charge is 0.465 e. The van der Waals surface area contributed by atoms with Crippen molar-refractivity contribution in [2.75, 3.05) is 14.2 Å². The zero-order valence-electron chi connectivity index (χ0n) is 15.9. The van der Waals surface area contributed by atoms with Crippen molar-refractivity contribution >= 4 is 18.6 Å². The molecule has 1 aromatic rings. The van der Waals surface area contributed by atoms with Gasteiger partial charge >= 0.3 is 13.1 Å². The fraction of sp³-hybridized carbons (Fsp3) is 0.611. The molecule has 132 valence electrons. The van der Waals surface area contributed by atoms with Gasteiger partial charge in [-0.05, 0) is 64.7 Å². The van der Waals surface area contributed by atoms with Gasteiger partial charge in [0.25, 0.3) is 0 Å². The monoisotopic (exact) mass is 334 g/mol. The van der Waals surface area contributed by atoms with Gasteiger partial charge in [0.15, 0.2) is 0 Å². The number of hydrogen-bond acceptors (Lipinski definition) is 5. The maximum absolute atomic E-state index is 12.1. The van der Waals surface area contributed by atoms with Crippen LogP contribution in [0.5, 0.6) is 0 Å². The van der Waals surface area contributed by atoms with Gasteiger partial charge in [-0.15, -0.1) is 0 Å². The molecule has 2 rings (SSSR count). The molecule has 1 fully saturated rings. The molecule has 0 aromatic heterocycles. The van der Waals surface area contributed by atoms with Crippen LogP contribution >= 0.6 is 0 Å². The normalized spacial score (nSPS) is 19.4. The Labute approximate surface area is 144 Å². The third-order valence-electron chi connectivity index (χ3n) is 5.11. The molecule has 24 heavy (non-hydrogen) atoms. The van der Waals surface area contributed by atoms with Crippen LogP contribution in [0, 0.1) is 0 Å². The molecule has 0 aliphatic carbocycles. The van der Waals surface area contributed by atoms with Gasteiger partial charge in [-0.25, -0.2) is 4.79 Å². The Kier molecular flexibility index (Phi) is 4.88. The topological polar surface area (TPSA) is 54.0 Å². The zero-order chi connectivity index (χ0) is 18.3. The molecule has 0 saturated carbocycles. The Morgan fingerprint density at radius 3 is 2.04 bits per heavy atom. The van der Waals surface area contributed by atoms with Crippen LogP contribution in [0.4, 0.5) is 0 Å². The lowest BCUT2D eigenvalue weighted by Gasteiger charge is -2.32. The van der Waals surface area contributed by atoms with E-state index in [0.717, 1.165) is 11.0 Å². The van der Waals surface area contributed by atoms with Gasteiger partial charge in [0.2, 0.25) is 0 Å². The van der Waals surface area contributed by atoms with Crippen molar-refractivity contribution in [1.29, 1.82) is 0 Å². The van der Waals surface area contributed by atoms with Crippen LogP contribution in [0.15, 0.2) is 18.2 Å². The van der Waals surface area contributed by atoms with Crippen LogP contribution in [0.3, 0.4) is 0 Å². The third kappa shape index (κ3) is 3.36. The molecule has 1 heterocycles. The summed E-state index contributed by atoms with van der Waals surface area (Å²) in [5, 5.41) is 0. The Bertz CT molecular complexity index is 620. The summed E-state index contributed by atoms with van der Waals surface area (Å²) >= 11 is 0. The Morgan fingerprint density at radius 2 is 1.58 bits per heavy atom. The Hall–Kier alpha value is -1.37. The second kappa shape index (κ2) is 6.17. The summed E-state index contributed by atoms with van der Waals surface area (Å²) in [5.74, 6) is -0.401. The second-order valence-corrected chi connectivity index (χ2v) is 7.64. The number of rotatable bonds is 4. The first kappa shape index (κ1) is 19.0. The van der Waals surface area contributed by atoms with Gasteiger partial charge in [0.1, 0.15) is 0 Å². The van der Waals surface area contributed by atoms with E-state index in [-0.39, 0.29) is 0 Å². The molecular weight excluding hydrogens is 307 g/mol. The first-order valence-electron chi connectivity index (χ1n) is 8.08. The molecular formula is C18H27BO5. The van der Waals surface area contributed by atoms with Crippen molar-refractivity contribution in [3.05, 3.63) is 29.3 Å². The maximum atomic E-state index is 12.1. The van der Waals surface area contributed by atoms with Crippen molar-refractivity contribution in [3.63, 3.8) is 0 Å². The van der Waals surface area contributed by atoms with Gasteiger partial charge in [-0.1, -0.05) is 6.07 Å². The fourth-order valence-electron chi connectivity index (χ4n) is 2.47. The number of hydrogen-bond donors (Lipinski definition) is 0. The summed E-state index contributed by atoms with van der Waals surface area (Å²) < 4.78 is 22.6. The molecule has 1 saturated heterocycles. The van der Waals surface area contributed by atoms with E-state index in [1.54, 1.807) is 19.2 Å². The van der Waals surface area contributed by atoms with E-state index >= 15 is 0 Å². The lowest BCUT2D eigenvalue weighted by molar-refractivity contribution is 0.00578. The molecule has 5 nitrogen and oxygen atoms in total. The molecule has 0 unspecified atom stereocenters. The standard InChI is InChI=1S/C18H27BO5/c1-16(2,22-8)13-9-12(15(20)21-7)10-14(11-13)19-23-17(3,4)18(5,6)24-19/h9-11H,1-8H3. The number of carbonyl (C=O) groups is 1. The molecule has 1 aliphatic rings. The highest BCUT2D eigenvalue weighted by atomic mass is 16.7. The van der Waals surface area contributed by atoms with E-state index in [4.69, 9.17) is 18.8 Å². The number of benzene rings is 1. The van der Waals surface area contributed by atoms with Crippen LogP contribution < -0.4 is 5.46 Å². The average Bonchev–Trinajstić information content (AvgIpc) is 2.74. The number of esters is 1. The average molecular weight is 334 g/mol. The van der Waals surface area contributed by atoms with Crippen molar-refractivity contribution in [1.82, 2.24) is 0 Å². The van der Waals surface area contributed by atoms with Gasteiger partial charge in [0.05, 0.1) is 29.5 Å². The van der Waals surface area contributed by atoms with E-state index in [9.17, 15) is 4.79 Å². The summed E-state index contributed by atoms with van der Waals surface area (Å²) in [6.07, 6.45) is 0. The Morgan fingerprint density at radius 1 is 1.04 bits per heavy atom. The minimum atomic E-state index is -0.553. The molecule has 0 spiro atoms. The molecule has 0 radical (unpaired) electrons. The predicted octanol–water partition coefficient (Wildman–Crippen LogP) is 2.65. The lowest BCUT2D eigenvalue weighted by atomic mass is 9.76. The van der Waals surface area contributed by atoms with Crippen molar-refractivity contribution in [2.24, 2.45) is 0 Å². The molecule has 1 aromatic carbocycles. The molecule has 0 bridgehead atoms. The van der Waals surface area contributed by atoms with E-state index < -0.39 is 29.9 Å². The summed E-state index contributed by atoms with van der Waals surface area (Å²) in [5.41, 5.74) is 0.632. The third-order valence-corrected chi connectivity index (χ3v) is 5.11. The minimum absolute atomic E-state index is 0.401. The quantitative estimate of drug-likeness (QED) is 0.626. The largest absolute Gasteiger partial charge is 0.494 e. The van der Waals surface area contributed by atoms with Crippen molar-refractivity contribution in [2.45, 2.75) is 58.3 Å². The van der Waals surface area contributed by atoms with Crippen LogP contribution in [0.1, 0.15) is 57.5 Å². The van der Waals surface area contributed by atoms with Crippen LogP contribution in [0.2, 0.25) is 0 Å². The highest BCUT2D eigenvalue weighted by Crippen LogP contribution is 2.37. The zero-order valence-corrected chi connectivity index (χ0v) is 15.9. The fourth-order valence-corrected chi connectivity index (χ4v) is 2.47. The van der Waals surface area contributed by atoms with Gasteiger partial charge in [-0.2, -0.15) is 0 Å². The van der Waals surface area contributed by atoms with E-state index in [0.29, 0.717) is 5.56 Å². The van der Waals surface area contributed by atoms with Crippen LogP contribution in [-0.2, 0) is 24.4 Å². The number of ether oxygens (including phenoxy) is 2. The van der Waals surface area contributed by atoms with Crippen LogP contribution in [0.25, 0.3) is 0 Å². The van der Waals surface area contributed by atoms with Gasteiger partial charge < -0.3 is 18.8 Å². The van der Waals surface area contributed by atoms with Crippen molar-refractivity contribution < 1.29 is 23.6 Å². The SMILES string of the molecule is COC(=O)c1cc(B2OC(C)(C)C(C)(C)O2)cc(C(C)(C)OC)c1. The molecule has 6 heteroatoms. The summed E-state index contributed by atoms with van der Waals surface area (Å²) in [4.78, 5) is 12.1. The van der Waals surface area contributed by atoms with Crippen molar-refractivity contribution in [3.8, 4) is 0 Å². The molecule has 0 N–H and O–H groups in total. The van der Waals surface area contributed by atoms with E-state index in [1.165, 1.54) is 7.11 Å². The second-order valence-electron chi connectivity index (χ2n) is 7.64. The lowest BCUT2D eigenvalue weighted by Crippen LogP contribution is -2.41. The number of methoxy groups -OCH3 is 2. The number of carbonyl (C=O) groups excluding carboxylic acids is 1. The highest BCUT2D eigenvalue weighted by Gasteiger charge is 2.52. The highest BCUT2D eigenvalue weighted by molar-refractivity contribution is 6.62. The first-order chi connectivity index (χ1) is 10.9. The summed E-state index contributed by atoms with van der Waals surface area (Å²) in [6, 6.07) is 5.49. The molecule has 0 amide bonds. The molecule has 1 aliphatic heterocycles. The predicted molar refractivity (Wildman–Crippen MR) is 93.5 cm³/mol. The molecule has 0 atom stereocenters. The van der Waals surface area contributed by atoms with Gasteiger partial charge in [-0.3, -0.25) is 0 Å². The van der Waals surface area contributed by atoms with E-state index in [1.807, 2.05) is 47.6 Å².